The number of rotatable bonds is 3. The van der Waals surface area contributed by atoms with Crippen molar-refractivity contribution in [2.75, 3.05) is 9.80 Å². The molecule has 2 aliphatic carbocycles. The zero-order chi connectivity index (χ0) is 46.9. The standard InChI is InChI=1S/C61H73BN4/c1-55(2,3)39-25-23-38(24-26-39)53-63-52-54(65(53)41-21-17-16-18-22-41)64(42-27-28-43-45(37-42)59(12,13)34-33-58(43,10)11)47-35-40(56(4,5)6)36-48-50(47)62(52)46-30-29-44(57(7,8)9)49-51(46)66(48)61(15)32-20-19-31-60(49,61)14/h16-18,21-30,35-37H,19-20,31-34H2,1-15H3. The molecule has 4 nitrogen and oxygen atoms in total. The second-order valence-electron chi connectivity index (χ2n) is 25.9. The molecule has 4 heterocycles. The maximum absolute atomic E-state index is 6.07. The van der Waals surface area contributed by atoms with Gasteiger partial charge >= 0.3 is 0 Å². The number of para-hydroxylation sites is 1. The highest BCUT2D eigenvalue weighted by molar-refractivity contribution is 7.00. The van der Waals surface area contributed by atoms with Gasteiger partial charge in [0.1, 0.15) is 11.6 Å². The maximum Gasteiger partial charge on any atom is 0.277 e. The van der Waals surface area contributed by atoms with Gasteiger partial charge in [-0.05, 0) is 140 Å². The van der Waals surface area contributed by atoms with E-state index in [1.165, 1.54) is 93.6 Å². The fourth-order valence-electron chi connectivity index (χ4n) is 13.4. The molecule has 5 heteroatoms. The van der Waals surface area contributed by atoms with Gasteiger partial charge in [-0.15, -0.1) is 0 Å². The lowest BCUT2D eigenvalue weighted by Gasteiger charge is -2.53. The van der Waals surface area contributed by atoms with E-state index in [9.17, 15) is 0 Å². The lowest BCUT2D eigenvalue weighted by atomic mass is 9.35. The van der Waals surface area contributed by atoms with Gasteiger partial charge in [0.2, 0.25) is 0 Å². The molecule has 6 aromatic rings. The van der Waals surface area contributed by atoms with Crippen molar-refractivity contribution in [1.82, 2.24) is 9.55 Å². The molecular weight excluding hydrogens is 800 g/mol. The van der Waals surface area contributed by atoms with Gasteiger partial charge in [-0.1, -0.05) is 170 Å². The molecule has 5 aromatic carbocycles. The fraction of sp³-hybridized carbons (Fsp3) is 0.459. The molecule has 0 N–H and O–H groups in total. The number of nitrogens with zero attached hydrogens (tertiary/aromatic N) is 4. The Labute approximate surface area is 397 Å². The number of benzene rings is 5. The second-order valence-corrected chi connectivity index (χ2v) is 25.9. The van der Waals surface area contributed by atoms with Gasteiger partial charge in [-0.25, -0.2) is 4.98 Å². The van der Waals surface area contributed by atoms with E-state index in [2.05, 4.69) is 215 Å². The van der Waals surface area contributed by atoms with Crippen LogP contribution in [0.15, 0.2) is 97.1 Å². The molecule has 340 valence electrons. The van der Waals surface area contributed by atoms with E-state index in [0.29, 0.717) is 0 Å². The number of hydrogen-bond acceptors (Lipinski definition) is 3. The Balaban J connectivity index is 1.31. The van der Waals surface area contributed by atoms with Crippen molar-refractivity contribution < 1.29 is 0 Å². The summed E-state index contributed by atoms with van der Waals surface area (Å²) in [5, 5.41) is 0. The first kappa shape index (κ1) is 43.5. The molecule has 1 saturated carbocycles. The summed E-state index contributed by atoms with van der Waals surface area (Å²) < 4.78 is 2.51. The van der Waals surface area contributed by atoms with Crippen LogP contribution in [-0.2, 0) is 32.5 Å². The highest BCUT2D eigenvalue weighted by Gasteiger charge is 2.63. The minimum absolute atomic E-state index is 0.00890. The molecule has 0 amide bonds. The van der Waals surface area contributed by atoms with E-state index < -0.39 is 0 Å². The summed E-state index contributed by atoms with van der Waals surface area (Å²) in [6, 6.07) is 38.2. The van der Waals surface area contributed by atoms with Crippen molar-refractivity contribution in [3.05, 3.63) is 130 Å². The van der Waals surface area contributed by atoms with Crippen LogP contribution in [0.1, 0.15) is 176 Å². The van der Waals surface area contributed by atoms with Gasteiger partial charge in [0.15, 0.2) is 0 Å². The Morgan fingerprint density at radius 1 is 0.576 bits per heavy atom. The molecule has 0 saturated heterocycles. The number of anilines is 5. The van der Waals surface area contributed by atoms with E-state index >= 15 is 0 Å². The van der Waals surface area contributed by atoms with Crippen LogP contribution in [0.3, 0.4) is 0 Å². The number of aromatic nitrogens is 2. The van der Waals surface area contributed by atoms with Gasteiger partial charge in [-0.2, -0.15) is 0 Å². The first-order valence-corrected chi connectivity index (χ1v) is 25.3. The van der Waals surface area contributed by atoms with E-state index in [-0.39, 0.29) is 44.7 Å². The third-order valence-corrected chi connectivity index (χ3v) is 17.6. The van der Waals surface area contributed by atoms with Gasteiger partial charge < -0.3 is 4.90 Å². The first-order chi connectivity index (χ1) is 30.9. The highest BCUT2D eigenvalue weighted by Crippen LogP contribution is 2.64. The lowest BCUT2D eigenvalue weighted by Crippen LogP contribution is -2.65. The second kappa shape index (κ2) is 13.8. The summed E-state index contributed by atoms with van der Waals surface area (Å²) >= 11 is 0. The van der Waals surface area contributed by atoms with Crippen molar-refractivity contribution in [3.8, 4) is 17.1 Å². The first-order valence-electron chi connectivity index (χ1n) is 25.3. The third-order valence-electron chi connectivity index (χ3n) is 17.6. The summed E-state index contributed by atoms with van der Waals surface area (Å²) in [5.74, 6) is 2.13. The Kier molecular flexibility index (Phi) is 9.10. The quantitative estimate of drug-likeness (QED) is 0.165. The summed E-state index contributed by atoms with van der Waals surface area (Å²) in [5.41, 5.74) is 20.3. The summed E-state index contributed by atoms with van der Waals surface area (Å²) in [4.78, 5) is 11.7. The van der Waals surface area contributed by atoms with Crippen molar-refractivity contribution in [3.63, 3.8) is 0 Å². The minimum Gasteiger partial charge on any atom is -0.335 e. The molecule has 3 aliphatic heterocycles. The Hall–Kier alpha value is -5.03. The van der Waals surface area contributed by atoms with Crippen LogP contribution < -0.4 is 26.3 Å². The molecule has 2 unspecified atom stereocenters. The lowest BCUT2D eigenvalue weighted by molar-refractivity contribution is 0.193. The Morgan fingerprint density at radius 3 is 1.86 bits per heavy atom. The topological polar surface area (TPSA) is 24.3 Å². The average Bonchev–Trinajstić information content (AvgIpc) is 3.74. The van der Waals surface area contributed by atoms with Crippen LogP contribution >= 0.6 is 0 Å². The van der Waals surface area contributed by atoms with Crippen molar-refractivity contribution in [2.24, 2.45) is 0 Å². The molecule has 1 fully saturated rings. The third kappa shape index (κ3) is 5.99. The van der Waals surface area contributed by atoms with Gasteiger partial charge in [0.25, 0.3) is 6.71 Å². The summed E-state index contributed by atoms with van der Waals surface area (Å²) in [6.07, 6.45) is 7.23. The Bertz CT molecular complexity index is 2970. The van der Waals surface area contributed by atoms with E-state index in [1.54, 1.807) is 5.56 Å². The van der Waals surface area contributed by atoms with E-state index in [1.807, 2.05) is 0 Å². The van der Waals surface area contributed by atoms with E-state index in [4.69, 9.17) is 4.98 Å². The van der Waals surface area contributed by atoms with Crippen LogP contribution in [-0.4, -0.2) is 21.8 Å². The van der Waals surface area contributed by atoms with Crippen LogP contribution in [0.25, 0.3) is 17.1 Å². The monoisotopic (exact) mass is 873 g/mol. The van der Waals surface area contributed by atoms with Crippen molar-refractivity contribution in [2.45, 2.75) is 180 Å². The zero-order valence-electron chi connectivity index (χ0n) is 42.8. The molecule has 1 aromatic heterocycles. The van der Waals surface area contributed by atoms with Crippen LogP contribution in [0.4, 0.5) is 28.6 Å². The Morgan fingerprint density at radius 2 is 1.21 bits per heavy atom. The highest BCUT2D eigenvalue weighted by atomic mass is 15.3. The zero-order valence-corrected chi connectivity index (χ0v) is 42.8. The molecule has 11 rings (SSSR count). The number of hydrogen-bond donors (Lipinski definition) is 0. The average molecular weight is 873 g/mol. The predicted molar refractivity (Wildman–Crippen MR) is 283 cm³/mol. The molecular formula is C61H73BN4. The smallest absolute Gasteiger partial charge is 0.277 e. The van der Waals surface area contributed by atoms with Crippen molar-refractivity contribution in [1.29, 1.82) is 0 Å². The van der Waals surface area contributed by atoms with Crippen molar-refractivity contribution >= 4 is 51.8 Å². The SMILES string of the molecule is CC(C)(C)c1ccc(-c2nc3c(n2-c2ccccc2)N(c2ccc4c(c2)C(C)(C)CCC4(C)C)c2cc(C(C)(C)C)cc4c2B3c2ccc(C(C)(C)C)c3c2N4C2(C)CCCCC32C)cc1. The van der Waals surface area contributed by atoms with Crippen LogP contribution in [0, 0.1) is 0 Å². The van der Waals surface area contributed by atoms with Gasteiger partial charge in [-0.3, -0.25) is 9.47 Å². The fourth-order valence-corrected chi connectivity index (χ4v) is 13.4. The van der Waals surface area contributed by atoms with Crippen LogP contribution in [0.5, 0.6) is 0 Å². The molecule has 0 radical (unpaired) electrons. The van der Waals surface area contributed by atoms with Gasteiger partial charge in [0.05, 0.1) is 11.1 Å². The number of fused-ring (bicyclic) bond motifs is 8. The molecule has 5 aliphatic rings. The summed E-state index contributed by atoms with van der Waals surface area (Å²) in [6.45, 7) is 36.4. The normalized spacial score (nSPS) is 22.4. The molecule has 66 heavy (non-hydrogen) atoms. The van der Waals surface area contributed by atoms with Gasteiger partial charge in [0, 0.05) is 39.4 Å². The molecule has 2 atom stereocenters. The van der Waals surface area contributed by atoms with Crippen LogP contribution in [0.2, 0.25) is 0 Å². The predicted octanol–water partition coefficient (Wildman–Crippen LogP) is 14.1. The summed E-state index contributed by atoms with van der Waals surface area (Å²) in [7, 11) is 0. The minimum atomic E-state index is -0.0959. The largest absolute Gasteiger partial charge is 0.335 e. The van der Waals surface area contributed by atoms with E-state index in [0.717, 1.165) is 34.9 Å². The number of imidazole rings is 1. The maximum atomic E-state index is 6.07. The molecule has 0 spiro atoms. The molecule has 0 bridgehead atoms.